The summed E-state index contributed by atoms with van der Waals surface area (Å²) in [6, 6.07) is 3.59. The summed E-state index contributed by atoms with van der Waals surface area (Å²) < 4.78 is 0. The number of hydrogen-bond acceptors (Lipinski definition) is 3. The minimum Gasteiger partial charge on any atom is -0.507 e. The van der Waals surface area contributed by atoms with Crippen LogP contribution in [0.2, 0.25) is 0 Å². The summed E-state index contributed by atoms with van der Waals surface area (Å²) in [6.07, 6.45) is 10.6. The lowest BCUT2D eigenvalue weighted by atomic mass is 9.75. The molecule has 0 spiro atoms. The van der Waals surface area contributed by atoms with E-state index >= 15 is 0 Å². The average Bonchev–Trinajstić information content (AvgIpc) is 2.75. The monoisotopic (exact) mass is 444 g/mol. The molecular weight excluding hydrogens is 400 g/mol. The maximum Gasteiger partial charge on any atom is 0.310 e. The number of unbranched alkanes of at least 4 members (excludes halogenated alkanes) is 3. The number of rotatable bonds is 12. The van der Waals surface area contributed by atoms with Crippen LogP contribution in [-0.2, 0) is 4.79 Å². The molecule has 0 bridgehead atoms. The van der Waals surface area contributed by atoms with E-state index in [1.807, 2.05) is 0 Å². The molecule has 180 valence electrons. The third kappa shape index (κ3) is 6.52. The van der Waals surface area contributed by atoms with Gasteiger partial charge in [-0.05, 0) is 67.2 Å². The van der Waals surface area contributed by atoms with Gasteiger partial charge < -0.3 is 15.3 Å². The topological polar surface area (TPSA) is 77.8 Å². The van der Waals surface area contributed by atoms with Crippen molar-refractivity contribution in [1.82, 2.24) is 0 Å². The molecule has 4 nitrogen and oxygen atoms in total. The van der Waals surface area contributed by atoms with E-state index in [1.165, 1.54) is 25.7 Å². The molecule has 4 unspecified atom stereocenters. The van der Waals surface area contributed by atoms with Crippen molar-refractivity contribution in [1.29, 1.82) is 0 Å². The summed E-state index contributed by atoms with van der Waals surface area (Å²) in [6.45, 7) is 10.5. The first kappa shape index (κ1) is 26.3. The Kier molecular flexibility index (Phi) is 10.1. The van der Waals surface area contributed by atoms with Gasteiger partial charge in [0.15, 0.2) is 0 Å². The molecule has 0 radical (unpaired) electrons. The zero-order chi connectivity index (χ0) is 23.8. The van der Waals surface area contributed by atoms with Gasteiger partial charge in [-0.1, -0.05) is 78.2 Å². The van der Waals surface area contributed by atoms with Crippen LogP contribution in [0.1, 0.15) is 116 Å². The Morgan fingerprint density at radius 1 is 1.03 bits per heavy atom. The second-order valence-electron chi connectivity index (χ2n) is 10.0. The maximum absolute atomic E-state index is 11.7. The van der Waals surface area contributed by atoms with E-state index in [0.29, 0.717) is 30.2 Å². The minimum absolute atomic E-state index is 0.0762. The average molecular weight is 445 g/mol. The van der Waals surface area contributed by atoms with Crippen LogP contribution in [-0.4, -0.2) is 21.3 Å². The van der Waals surface area contributed by atoms with Gasteiger partial charge in [-0.3, -0.25) is 4.79 Å². The molecule has 0 amide bonds. The van der Waals surface area contributed by atoms with Crippen molar-refractivity contribution in [3.8, 4) is 11.5 Å². The van der Waals surface area contributed by atoms with Crippen LogP contribution in [0.15, 0.2) is 17.7 Å². The Hall–Kier alpha value is -1.97. The number of aliphatic carboxylic acids is 1. The van der Waals surface area contributed by atoms with Crippen molar-refractivity contribution in [2.45, 2.75) is 105 Å². The number of aromatic hydroxyl groups is 2. The quantitative estimate of drug-likeness (QED) is 0.286. The Bertz CT molecular complexity index is 772. The van der Waals surface area contributed by atoms with Gasteiger partial charge in [0.1, 0.15) is 11.5 Å². The van der Waals surface area contributed by atoms with Crippen LogP contribution >= 0.6 is 0 Å². The molecule has 1 aromatic rings. The molecule has 4 heteroatoms. The Morgan fingerprint density at radius 3 is 2.25 bits per heavy atom. The molecule has 32 heavy (non-hydrogen) atoms. The Labute approximate surface area is 194 Å². The molecule has 1 aromatic carbocycles. The summed E-state index contributed by atoms with van der Waals surface area (Å²) in [5.74, 6) is -0.171. The van der Waals surface area contributed by atoms with Crippen LogP contribution in [0.3, 0.4) is 0 Å². The largest absolute Gasteiger partial charge is 0.507 e. The fourth-order valence-corrected chi connectivity index (χ4v) is 5.25. The van der Waals surface area contributed by atoms with Crippen molar-refractivity contribution < 1.29 is 20.1 Å². The molecule has 1 aliphatic rings. The molecule has 0 aliphatic heterocycles. The van der Waals surface area contributed by atoms with Gasteiger partial charge >= 0.3 is 5.97 Å². The van der Waals surface area contributed by atoms with E-state index in [9.17, 15) is 20.1 Å². The van der Waals surface area contributed by atoms with E-state index in [-0.39, 0.29) is 17.4 Å². The SMILES string of the molecule is CCCCCCC(C)C(C)c1cc(O)c(C2=C(C(C)C(=O)O)CCC(CCC)C2)c(O)c1. The number of carboxylic acid groups (broad SMARTS) is 1. The van der Waals surface area contributed by atoms with Crippen molar-refractivity contribution in [3.05, 3.63) is 28.8 Å². The lowest BCUT2D eigenvalue weighted by Gasteiger charge is -2.30. The van der Waals surface area contributed by atoms with Crippen molar-refractivity contribution >= 4 is 11.5 Å². The number of carbonyl (C=O) groups is 1. The zero-order valence-electron chi connectivity index (χ0n) is 20.8. The first-order valence-corrected chi connectivity index (χ1v) is 12.7. The highest BCUT2D eigenvalue weighted by molar-refractivity contribution is 5.83. The second-order valence-corrected chi connectivity index (χ2v) is 10.0. The third-order valence-corrected chi connectivity index (χ3v) is 7.61. The van der Waals surface area contributed by atoms with Gasteiger partial charge in [-0.25, -0.2) is 0 Å². The van der Waals surface area contributed by atoms with Gasteiger partial charge in [0.2, 0.25) is 0 Å². The number of carboxylic acids is 1. The molecule has 4 atom stereocenters. The third-order valence-electron chi connectivity index (χ3n) is 7.61. The molecule has 0 aromatic heterocycles. The first-order chi connectivity index (χ1) is 15.2. The maximum atomic E-state index is 11.7. The van der Waals surface area contributed by atoms with Crippen molar-refractivity contribution in [2.75, 3.05) is 0 Å². The Morgan fingerprint density at radius 2 is 1.69 bits per heavy atom. The van der Waals surface area contributed by atoms with Gasteiger partial charge in [0.25, 0.3) is 0 Å². The van der Waals surface area contributed by atoms with E-state index in [4.69, 9.17) is 0 Å². The molecule has 0 fully saturated rings. The van der Waals surface area contributed by atoms with Crippen molar-refractivity contribution in [3.63, 3.8) is 0 Å². The first-order valence-electron chi connectivity index (χ1n) is 12.7. The molecule has 1 aliphatic carbocycles. The van der Waals surface area contributed by atoms with Gasteiger partial charge in [0.05, 0.1) is 11.5 Å². The predicted molar refractivity (Wildman–Crippen MR) is 132 cm³/mol. The predicted octanol–water partition coefficient (Wildman–Crippen LogP) is 7.88. The van der Waals surface area contributed by atoms with E-state index < -0.39 is 11.9 Å². The van der Waals surface area contributed by atoms with Gasteiger partial charge in [0, 0.05) is 0 Å². The minimum atomic E-state index is -0.854. The number of benzene rings is 1. The molecule has 0 heterocycles. The fourth-order valence-electron chi connectivity index (χ4n) is 5.25. The number of phenols is 2. The molecule has 0 saturated heterocycles. The van der Waals surface area contributed by atoms with Crippen LogP contribution in [0.25, 0.3) is 5.57 Å². The van der Waals surface area contributed by atoms with E-state index in [2.05, 4.69) is 27.7 Å². The highest BCUT2D eigenvalue weighted by atomic mass is 16.4. The molecule has 2 rings (SSSR count). The molecular formula is C28H44O4. The van der Waals surface area contributed by atoms with Gasteiger partial charge in [-0.2, -0.15) is 0 Å². The van der Waals surface area contributed by atoms with Crippen LogP contribution in [0.4, 0.5) is 0 Å². The van der Waals surface area contributed by atoms with Gasteiger partial charge in [-0.15, -0.1) is 0 Å². The summed E-state index contributed by atoms with van der Waals surface area (Å²) in [4.78, 5) is 11.7. The fraction of sp³-hybridized carbons (Fsp3) is 0.679. The number of phenolic OH excluding ortho intramolecular Hbond substituents is 2. The number of allylic oxidation sites excluding steroid dienone is 1. The van der Waals surface area contributed by atoms with Crippen LogP contribution in [0.5, 0.6) is 11.5 Å². The Balaban J connectivity index is 2.36. The van der Waals surface area contributed by atoms with Crippen LogP contribution < -0.4 is 0 Å². The second kappa shape index (κ2) is 12.3. The lowest BCUT2D eigenvalue weighted by molar-refractivity contribution is -0.139. The summed E-state index contributed by atoms with van der Waals surface area (Å²) >= 11 is 0. The highest BCUT2D eigenvalue weighted by Crippen LogP contribution is 2.47. The summed E-state index contributed by atoms with van der Waals surface area (Å²) in [5, 5.41) is 31.7. The molecule has 0 saturated carbocycles. The highest BCUT2D eigenvalue weighted by Gasteiger charge is 2.30. The summed E-state index contributed by atoms with van der Waals surface area (Å²) in [5.41, 5.74) is 3.08. The standard InChI is InChI=1S/C28H44O4/c1-6-8-9-10-12-18(3)19(4)22-16-25(29)27(26(30)17-22)24-15-21(11-7-2)13-14-23(24)20(5)28(31)32/h16-21,29-30H,6-15H2,1-5H3,(H,31,32). The number of hydrogen-bond donors (Lipinski definition) is 3. The lowest BCUT2D eigenvalue weighted by Crippen LogP contribution is -2.19. The van der Waals surface area contributed by atoms with E-state index in [0.717, 1.165) is 42.4 Å². The smallest absolute Gasteiger partial charge is 0.310 e. The normalized spacial score (nSPS) is 19.6. The van der Waals surface area contributed by atoms with Crippen molar-refractivity contribution in [2.24, 2.45) is 17.8 Å². The molecule has 3 N–H and O–H groups in total. The summed E-state index contributed by atoms with van der Waals surface area (Å²) in [7, 11) is 0. The van der Waals surface area contributed by atoms with Crippen LogP contribution in [0, 0.1) is 17.8 Å². The zero-order valence-corrected chi connectivity index (χ0v) is 20.8. The van der Waals surface area contributed by atoms with E-state index in [1.54, 1.807) is 19.1 Å².